The van der Waals surface area contributed by atoms with E-state index in [0.29, 0.717) is 11.8 Å². The molecule has 1 N–H and O–H groups in total. The number of carbonyl (C=O) groups excluding carboxylic acids is 1. The highest BCUT2D eigenvalue weighted by molar-refractivity contribution is 7.80. The van der Waals surface area contributed by atoms with E-state index in [-0.39, 0.29) is 11.3 Å². The minimum absolute atomic E-state index is 0.171. The Balaban J connectivity index is 2.20. The fourth-order valence-corrected chi connectivity index (χ4v) is 4.99. The first-order valence-electron chi connectivity index (χ1n) is 11.1. The third-order valence-corrected chi connectivity index (χ3v) is 7.25. The predicted molar refractivity (Wildman–Crippen MR) is 121 cm³/mol. The van der Waals surface area contributed by atoms with Crippen LogP contribution in [-0.2, 0) is 11.2 Å². The van der Waals surface area contributed by atoms with Gasteiger partial charge in [-0.25, -0.2) is 0 Å². The zero-order valence-electron chi connectivity index (χ0n) is 17.6. The molecule has 0 aromatic heterocycles. The van der Waals surface area contributed by atoms with Crippen molar-refractivity contribution in [2.24, 2.45) is 17.3 Å². The van der Waals surface area contributed by atoms with E-state index < -0.39 is 0 Å². The van der Waals surface area contributed by atoms with Crippen LogP contribution in [0.2, 0.25) is 0 Å². The molecule has 1 aliphatic carbocycles. The fraction of sp³-hybridized carbons (Fsp3) is 0.708. The molecule has 1 atom stereocenters. The van der Waals surface area contributed by atoms with Crippen molar-refractivity contribution in [3.8, 4) is 0 Å². The third kappa shape index (κ3) is 6.01. The summed E-state index contributed by atoms with van der Waals surface area (Å²) in [5.41, 5.74) is 2.09. The Morgan fingerprint density at radius 2 is 1.67 bits per heavy atom. The van der Waals surface area contributed by atoms with E-state index in [4.69, 9.17) is 0 Å². The van der Waals surface area contributed by atoms with Crippen molar-refractivity contribution < 1.29 is 4.79 Å². The Hall–Kier alpha value is -0.960. The van der Waals surface area contributed by atoms with Crippen LogP contribution in [-0.4, -0.2) is 11.7 Å². The van der Waals surface area contributed by atoms with Crippen LogP contribution in [0, 0.1) is 17.3 Å². The lowest BCUT2D eigenvalue weighted by atomic mass is 9.67. The van der Waals surface area contributed by atoms with Crippen LogP contribution in [0.1, 0.15) is 84.1 Å². The van der Waals surface area contributed by atoms with Gasteiger partial charge in [-0.05, 0) is 54.9 Å². The number of thiol groups is 1. The summed E-state index contributed by atoms with van der Waals surface area (Å²) in [5.74, 6) is 2.36. The molecule has 0 aliphatic heterocycles. The van der Waals surface area contributed by atoms with Crippen molar-refractivity contribution in [2.75, 3.05) is 11.1 Å². The van der Waals surface area contributed by atoms with Crippen molar-refractivity contribution in [3.05, 3.63) is 29.8 Å². The number of benzene rings is 1. The normalized spacial score (nSPS) is 17.7. The molecular weight excluding hydrogens is 350 g/mol. The van der Waals surface area contributed by atoms with Gasteiger partial charge in [0.15, 0.2) is 0 Å². The van der Waals surface area contributed by atoms with Gasteiger partial charge in [-0.15, -0.1) is 0 Å². The summed E-state index contributed by atoms with van der Waals surface area (Å²) in [6.07, 6.45) is 11.2. The molecule has 27 heavy (non-hydrogen) atoms. The first kappa shape index (κ1) is 22.3. The van der Waals surface area contributed by atoms with Gasteiger partial charge in [0.2, 0.25) is 5.91 Å². The second kappa shape index (κ2) is 11.1. The van der Waals surface area contributed by atoms with Gasteiger partial charge in [0.1, 0.15) is 0 Å². The molecule has 2 nitrogen and oxygen atoms in total. The van der Waals surface area contributed by atoms with Crippen molar-refractivity contribution in [1.29, 1.82) is 0 Å². The van der Waals surface area contributed by atoms with Gasteiger partial charge < -0.3 is 5.32 Å². The maximum absolute atomic E-state index is 13.5. The number of hydrogen-bond donors (Lipinski definition) is 2. The summed E-state index contributed by atoms with van der Waals surface area (Å²) in [5, 5.41) is 3.36. The van der Waals surface area contributed by atoms with Gasteiger partial charge in [-0.2, -0.15) is 12.6 Å². The number of rotatable bonds is 10. The van der Waals surface area contributed by atoms with E-state index in [2.05, 4.69) is 56.9 Å². The summed E-state index contributed by atoms with van der Waals surface area (Å²) >= 11 is 4.50. The van der Waals surface area contributed by atoms with Gasteiger partial charge in [0.25, 0.3) is 0 Å². The van der Waals surface area contributed by atoms with E-state index in [1.165, 1.54) is 37.7 Å². The number of nitrogens with one attached hydrogen (secondary N) is 1. The topological polar surface area (TPSA) is 29.1 Å². The maximum Gasteiger partial charge on any atom is 0.230 e. The third-order valence-electron chi connectivity index (χ3n) is 6.74. The largest absolute Gasteiger partial charge is 0.325 e. The fourth-order valence-electron chi connectivity index (χ4n) is 4.61. The standard InChI is InChI=1S/C24H39NOS/c1-4-19(5-2)17-24(14-10-7-11-15-24)23(26)25-22-13-9-8-12-21(22)16-20(6-3)18-27/h8-9,12-13,19-20,27H,4-7,10-11,14-18H2,1-3H3,(H,25,26). The second-order valence-corrected chi connectivity index (χ2v) is 8.87. The number of carbonyl (C=O) groups is 1. The lowest BCUT2D eigenvalue weighted by Gasteiger charge is -2.38. The van der Waals surface area contributed by atoms with Gasteiger partial charge in [0, 0.05) is 11.1 Å². The Bertz CT molecular complexity index is 571. The highest BCUT2D eigenvalue weighted by Gasteiger charge is 2.40. The summed E-state index contributed by atoms with van der Waals surface area (Å²) < 4.78 is 0. The van der Waals surface area contributed by atoms with Gasteiger partial charge in [-0.1, -0.05) is 77.5 Å². The Morgan fingerprint density at radius 3 is 2.26 bits per heavy atom. The highest BCUT2D eigenvalue weighted by atomic mass is 32.1. The summed E-state index contributed by atoms with van der Waals surface area (Å²) in [4.78, 5) is 13.5. The molecule has 0 heterocycles. The number of hydrogen-bond acceptors (Lipinski definition) is 2. The summed E-state index contributed by atoms with van der Waals surface area (Å²) in [7, 11) is 0. The van der Waals surface area contributed by atoms with Gasteiger partial charge in [0.05, 0.1) is 0 Å². The Kier molecular flexibility index (Phi) is 9.21. The molecule has 1 aromatic rings. The molecule has 1 aliphatic rings. The quantitative estimate of drug-likeness (QED) is 0.419. The molecule has 1 unspecified atom stereocenters. The Morgan fingerprint density at radius 1 is 1.04 bits per heavy atom. The maximum atomic E-state index is 13.5. The number of para-hydroxylation sites is 1. The summed E-state index contributed by atoms with van der Waals surface area (Å²) in [6.45, 7) is 6.75. The van der Waals surface area contributed by atoms with Crippen LogP contribution in [0.25, 0.3) is 0 Å². The molecule has 152 valence electrons. The van der Waals surface area contributed by atoms with Crippen LogP contribution in [0.3, 0.4) is 0 Å². The predicted octanol–water partition coefficient (Wildman–Crippen LogP) is 6.90. The molecule has 1 fully saturated rings. The smallest absolute Gasteiger partial charge is 0.230 e. The Labute approximate surface area is 172 Å². The van der Waals surface area contributed by atoms with Crippen molar-refractivity contribution >= 4 is 24.2 Å². The molecular formula is C24H39NOS. The van der Waals surface area contributed by atoms with E-state index in [9.17, 15) is 4.79 Å². The molecule has 1 saturated carbocycles. The van der Waals surface area contributed by atoms with Crippen LogP contribution in [0.5, 0.6) is 0 Å². The number of anilines is 1. The SMILES string of the molecule is CCC(CS)Cc1ccccc1NC(=O)C1(CC(CC)CC)CCCCC1. The van der Waals surface area contributed by atoms with Crippen molar-refractivity contribution in [1.82, 2.24) is 0 Å². The van der Waals surface area contributed by atoms with Gasteiger partial charge in [-0.3, -0.25) is 4.79 Å². The monoisotopic (exact) mass is 389 g/mol. The first-order chi connectivity index (χ1) is 13.1. The lowest BCUT2D eigenvalue weighted by molar-refractivity contribution is -0.128. The molecule has 1 amide bonds. The van der Waals surface area contributed by atoms with E-state index in [1.807, 2.05) is 6.07 Å². The minimum atomic E-state index is -0.171. The summed E-state index contributed by atoms with van der Waals surface area (Å²) in [6, 6.07) is 8.36. The zero-order valence-corrected chi connectivity index (χ0v) is 18.5. The highest BCUT2D eigenvalue weighted by Crippen LogP contribution is 2.44. The molecule has 3 heteroatoms. The van der Waals surface area contributed by atoms with E-state index >= 15 is 0 Å². The molecule has 0 saturated heterocycles. The molecule has 0 radical (unpaired) electrons. The average Bonchev–Trinajstić information content (AvgIpc) is 2.72. The van der Waals surface area contributed by atoms with Crippen molar-refractivity contribution in [3.63, 3.8) is 0 Å². The molecule has 2 rings (SSSR count). The number of amides is 1. The van der Waals surface area contributed by atoms with Crippen LogP contribution < -0.4 is 5.32 Å². The average molecular weight is 390 g/mol. The van der Waals surface area contributed by atoms with Crippen LogP contribution in [0.15, 0.2) is 24.3 Å². The van der Waals surface area contributed by atoms with E-state index in [1.54, 1.807) is 0 Å². The molecule has 1 aromatic carbocycles. The zero-order chi connectivity index (χ0) is 19.7. The van der Waals surface area contributed by atoms with E-state index in [0.717, 1.165) is 43.5 Å². The van der Waals surface area contributed by atoms with Crippen molar-refractivity contribution in [2.45, 2.75) is 85.0 Å². The molecule has 0 bridgehead atoms. The van der Waals surface area contributed by atoms with Gasteiger partial charge >= 0.3 is 0 Å². The second-order valence-electron chi connectivity index (χ2n) is 8.50. The first-order valence-corrected chi connectivity index (χ1v) is 11.7. The lowest BCUT2D eigenvalue weighted by Crippen LogP contribution is -2.40. The minimum Gasteiger partial charge on any atom is -0.325 e. The van der Waals surface area contributed by atoms with Crippen LogP contribution >= 0.6 is 12.6 Å². The molecule has 0 spiro atoms. The van der Waals surface area contributed by atoms with Crippen LogP contribution in [0.4, 0.5) is 5.69 Å².